The second-order valence-electron chi connectivity index (χ2n) is 3.01. The first-order chi connectivity index (χ1) is 6.90. The van der Waals surface area contributed by atoms with E-state index in [1.807, 2.05) is 18.2 Å². The zero-order valence-electron chi connectivity index (χ0n) is 7.66. The van der Waals surface area contributed by atoms with E-state index < -0.39 is 0 Å². The summed E-state index contributed by atoms with van der Waals surface area (Å²) < 4.78 is 5.55. The highest BCUT2D eigenvalue weighted by molar-refractivity contribution is 9.09. The van der Waals surface area contributed by atoms with Gasteiger partial charge in [-0.05, 0) is 18.6 Å². The number of alkyl halides is 1. The standard InChI is InChI=1S/C10H11BrN2O/c11-4-1-5-14-9-3-2-8-7-12-13-10(8)6-9/h2-3,6-7H,1,4-5H2,(H,12,13). The Balaban J connectivity index is 2.10. The predicted molar refractivity (Wildman–Crippen MR) is 60.0 cm³/mol. The number of halogens is 1. The molecule has 0 saturated carbocycles. The van der Waals surface area contributed by atoms with Crippen LogP contribution in [-0.4, -0.2) is 22.1 Å². The van der Waals surface area contributed by atoms with Gasteiger partial charge in [-0.15, -0.1) is 0 Å². The third kappa shape index (κ3) is 2.07. The Morgan fingerprint density at radius 2 is 2.36 bits per heavy atom. The first-order valence-electron chi connectivity index (χ1n) is 4.52. The number of fused-ring (bicyclic) bond motifs is 1. The van der Waals surface area contributed by atoms with Gasteiger partial charge in [-0.25, -0.2) is 0 Å². The van der Waals surface area contributed by atoms with Gasteiger partial charge in [0.15, 0.2) is 0 Å². The van der Waals surface area contributed by atoms with Gasteiger partial charge in [-0.1, -0.05) is 15.9 Å². The van der Waals surface area contributed by atoms with Crippen LogP contribution in [0.4, 0.5) is 0 Å². The molecule has 3 nitrogen and oxygen atoms in total. The Hall–Kier alpha value is -1.03. The molecule has 74 valence electrons. The molecular weight excluding hydrogens is 244 g/mol. The number of hydrogen-bond acceptors (Lipinski definition) is 2. The van der Waals surface area contributed by atoms with Crippen molar-refractivity contribution in [1.82, 2.24) is 10.2 Å². The van der Waals surface area contributed by atoms with Gasteiger partial charge in [0.05, 0.1) is 18.3 Å². The van der Waals surface area contributed by atoms with E-state index in [-0.39, 0.29) is 0 Å². The predicted octanol–water partition coefficient (Wildman–Crippen LogP) is 2.73. The number of aromatic amines is 1. The number of hydrogen-bond donors (Lipinski definition) is 1. The Kier molecular flexibility index (Phi) is 3.03. The lowest BCUT2D eigenvalue weighted by Gasteiger charge is -2.03. The number of nitrogens with zero attached hydrogens (tertiary/aromatic N) is 1. The van der Waals surface area contributed by atoms with Gasteiger partial charge in [-0.2, -0.15) is 5.10 Å². The molecule has 0 aliphatic heterocycles. The molecule has 0 atom stereocenters. The highest BCUT2D eigenvalue weighted by Crippen LogP contribution is 2.18. The lowest BCUT2D eigenvalue weighted by Crippen LogP contribution is -1.97. The molecule has 1 heterocycles. The Labute approximate surface area is 90.6 Å². The van der Waals surface area contributed by atoms with E-state index >= 15 is 0 Å². The average Bonchev–Trinajstić information content (AvgIpc) is 2.65. The summed E-state index contributed by atoms with van der Waals surface area (Å²) in [5.41, 5.74) is 1.02. The third-order valence-corrected chi connectivity index (χ3v) is 2.52. The van der Waals surface area contributed by atoms with Gasteiger partial charge in [0.1, 0.15) is 5.75 Å². The van der Waals surface area contributed by atoms with Crippen molar-refractivity contribution in [3.05, 3.63) is 24.4 Å². The van der Waals surface area contributed by atoms with Crippen molar-refractivity contribution in [1.29, 1.82) is 0 Å². The lowest BCUT2D eigenvalue weighted by atomic mass is 10.2. The maximum atomic E-state index is 5.55. The first-order valence-corrected chi connectivity index (χ1v) is 5.64. The third-order valence-electron chi connectivity index (χ3n) is 1.96. The van der Waals surface area contributed by atoms with Crippen LogP contribution in [0.1, 0.15) is 6.42 Å². The van der Waals surface area contributed by atoms with Gasteiger partial charge >= 0.3 is 0 Å². The van der Waals surface area contributed by atoms with Crippen LogP contribution >= 0.6 is 15.9 Å². The molecule has 2 rings (SSSR count). The smallest absolute Gasteiger partial charge is 0.121 e. The summed E-state index contributed by atoms with van der Waals surface area (Å²) in [6.45, 7) is 0.741. The number of ether oxygens (including phenoxy) is 1. The van der Waals surface area contributed by atoms with E-state index in [9.17, 15) is 0 Å². The average molecular weight is 255 g/mol. The maximum absolute atomic E-state index is 5.55. The highest BCUT2D eigenvalue weighted by Gasteiger charge is 1.98. The fourth-order valence-corrected chi connectivity index (χ4v) is 1.48. The van der Waals surface area contributed by atoms with E-state index in [1.165, 1.54) is 0 Å². The summed E-state index contributed by atoms with van der Waals surface area (Å²) in [4.78, 5) is 0. The molecule has 1 N–H and O–H groups in total. The largest absolute Gasteiger partial charge is 0.493 e. The molecule has 4 heteroatoms. The van der Waals surface area contributed by atoms with Crippen molar-refractivity contribution in [3.8, 4) is 5.75 Å². The Morgan fingerprint density at radius 1 is 1.43 bits per heavy atom. The minimum atomic E-state index is 0.741. The van der Waals surface area contributed by atoms with E-state index in [2.05, 4.69) is 26.1 Å². The Bertz CT molecular complexity index is 413. The van der Waals surface area contributed by atoms with Crippen LogP contribution in [0.15, 0.2) is 24.4 Å². The summed E-state index contributed by atoms with van der Waals surface area (Å²) >= 11 is 3.36. The van der Waals surface area contributed by atoms with E-state index in [0.717, 1.165) is 35.0 Å². The van der Waals surface area contributed by atoms with Gasteiger partial charge < -0.3 is 4.74 Å². The number of nitrogens with one attached hydrogen (secondary N) is 1. The molecule has 0 saturated heterocycles. The first kappa shape index (κ1) is 9.52. The van der Waals surface area contributed by atoms with Crippen LogP contribution < -0.4 is 4.74 Å². The summed E-state index contributed by atoms with van der Waals surface area (Å²) in [5.74, 6) is 0.891. The molecule has 14 heavy (non-hydrogen) atoms. The van der Waals surface area contributed by atoms with Gasteiger partial charge in [0, 0.05) is 16.8 Å². The topological polar surface area (TPSA) is 37.9 Å². The number of aromatic nitrogens is 2. The molecular formula is C10H11BrN2O. The van der Waals surface area contributed by atoms with Crippen LogP contribution in [0.3, 0.4) is 0 Å². The monoisotopic (exact) mass is 254 g/mol. The number of rotatable bonds is 4. The van der Waals surface area contributed by atoms with Gasteiger partial charge in [0.2, 0.25) is 0 Å². The molecule has 0 unspecified atom stereocenters. The second kappa shape index (κ2) is 4.46. The van der Waals surface area contributed by atoms with Crippen LogP contribution in [0.25, 0.3) is 10.9 Å². The molecule has 1 aromatic heterocycles. The summed E-state index contributed by atoms with van der Waals surface area (Å²) in [6.07, 6.45) is 2.82. The summed E-state index contributed by atoms with van der Waals surface area (Å²) in [5, 5.41) is 8.94. The number of H-pyrrole nitrogens is 1. The van der Waals surface area contributed by atoms with Crippen LogP contribution in [0.2, 0.25) is 0 Å². The molecule has 2 aromatic rings. The van der Waals surface area contributed by atoms with Crippen molar-refractivity contribution in [2.24, 2.45) is 0 Å². The molecule has 1 aromatic carbocycles. The van der Waals surface area contributed by atoms with Crippen molar-refractivity contribution >= 4 is 26.8 Å². The fraction of sp³-hybridized carbons (Fsp3) is 0.300. The van der Waals surface area contributed by atoms with E-state index in [0.29, 0.717) is 0 Å². The van der Waals surface area contributed by atoms with Crippen LogP contribution in [0, 0.1) is 0 Å². The molecule has 0 radical (unpaired) electrons. The lowest BCUT2D eigenvalue weighted by molar-refractivity contribution is 0.319. The van der Waals surface area contributed by atoms with Crippen molar-refractivity contribution in [2.45, 2.75) is 6.42 Å². The van der Waals surface area contributed by atoms with Gasteiger partial charge in [0.25, 0.3) is 0 Å². The summed E-state index contributed by atoms with van der Waals surface area (Å²) in [7, 11) is 0. The van der Waals surface area contributed by atoms with Crippen LogP contribution in [-0.2, 0) is 0 Å². The SMILES string of the molecule is BrCCCOc1ccc2cn[nH]c2c1. The maximum Gasteiger partial charge on any atom is 0.121 e. The van der Waals surface area contributed by atoms with E-state index in [1.54, 1.807) is 6.20 Å². The minimum Gasteiger partial charge on any atom is -0.493 e. The molecule has 0 amide bonds. The molecule has 0 aliphatic rings. The van der Waals surface area contributed by atoms with Crippen LogP contribution in [0.5, 0.6) is 5.75 Å². The van der Waals surface area contributed by atoms with Crippen molar-refractivity contribution < 1.29 is 4.74 Å². The van der Waals surface area contributed by atoms with E-state index in [4.69, 9.17) is 4.74 Å². The zero-order valence-corrected chi connectivity index (χ0v) is 9.25. The molecule has 0 fully saturated rings. The number of benzene rings is 1. The molecule has 0 spiro atoms. The van der Waals surface area contributed by atoms with Crippen molar-refractivity contribution in [2.75, 3.05) is 11.9 Å². The normalized spacial score (nSPS) is 10.6. The molecule has 0 aliphatic carbocycles. The van der Waals surface area contributed by atoms with Crippen molar-refractivity contribution in [3.63, 3.8) is 0 Å². The highest BCUT2D eigenvalue weighted by atomic mass is 79.9. The zero-order chi connectivity index (χ0) is 9.80. The fourth-order valence-electron chi connectivity index (χ4n) is 1.25. The minimum absolute atomic E-state index is 0.741. The quantitative estimate of drug-likeness (QED) is 0.673. The molecule has 0 bridgehead atoms. The van der Waals surface area contributed by atoms with Gasteiger partial charge in [-0.3, -0.25) is 5.10 Å². The Morgan fingerprint density at radius 3 is 3.21 bits per heavy atom. The summed E-state index contributed by atoms with van der Waals surface area (Å²) in [6, 6.07) is 5.94. The second-order valence-corrected chi connectivity index (χ2v) is 3.80.